The van der Waals surface area contributed by atoms with Gasteiger partial charge in [-0.15, -0.1) is 24.0 Å². The molecule has 0 saturated carbocycles. The molecule has 9 heteroatoms. The Morgan fingerprint density at radius 1 is 1.13 bits per heavy atom. The zero-order chi connectivity index (χ0) is 21.8. The summed E-state index contributed by atoms with van der Waals surface area (Å²) >= 11 is 0. The number of hydrogen-bond acceptors (Lipinski definition) is 5. The largest absolute Gasteiger partial charge is 0.357 e. The van der Waals surface area contributed by atoms with Gasteiger partial charge in [-0.25, -0.2) is 9.97 Å². The van der Waals surface area contributed by atoms with Crippen molar-refractivity contribution < 1.29 is 4.79 Å². The molecule has 0 aromatic carbocycles. The van der Waals surface area contributed by atoms with Gasteiger partial charge in [0.25, 0.3) is 0 Å². The molecular weight excluding hydrogens is 505 g/mol. The maximum Gasteiger partial charge on any atom is 0.225 e. The second kappa shape index (κ2) is 15.2. The molecule has 2 rings (SSSR count). The maximum absolute atomic E-state index is 12.6. The SMILES string of the molecule is CCNC(=NCCC(=O)N1CCN(c2ncccn2)CC1)NC(C)CCCC(C)C.I. The van der Waals surface area contributed by atoms with E-state index >= 15 is 0 Å². The molecule has 2 heterocycles. The van der Waals surface area contributed by atoms with Crippen LogP contribution >= 0.6 is 24.0 Å². The smallest absolute Gasteiger partial charge is 0.225 e. The Bertz CT molecular complexity index is 649. The summed E-state index contributed by atoms with van der Waals surface area (Å²) in [6, 6.07) is 2.18. The van der Waals surface area contributed by atoms with Gasteiger partial charge in [0, 0.05) is 57.6 Å². The highest BCUT2D eigenvalue weighted by Gasteiger charge is 2.22. The number of carbonyl (C=O) groups excluding carboxylic acids is 1. The molecule has 176 valence electrons. The number of halogens is 1. The lowest BCUT2D eigenvalue weighted by molar-refractivity contribution is -0.131. The number of carbonyl (C=O) groups is 1. The van der Waals surface area contributed by atoms with Crippen molar-refractivity contribution in [1.29, 1.82) is 0 Å². The monoisotopic (exact) mass is 545 g/mol. The van der Waals surface area contributed by atoms with E-state index < -0.39 is 0 Å². The van der Waals surface area contributed by atoms with Crippen molar-refractivity contribution in [3.8, 4) is 0 Å². The van der Waals surface area contributed by atoms with Crippen LogP contribution < -0.4 is 15.5 Å². The fraction of sp³-hybridized carbons (Fsp3) is 0.727. The third-order valence-corrected chi connectivity index (χ3v) is 5.21. The number of piperazine rings is 1. The Labute approximate surface area is 204 Å². The van der Waals surface area contributed by atoms with Crippen molar-refractivity contribution in [3.63, 3.8) is 0 Å². The molecule has 0 aliphatic carbocycles. The number of aromatic nitrogens is 2. The quantitative estimate of drug-likeness (QED) is 0.267. The molecule has 1 fully saturated rings. The van der Waals surface area contributed by atoms with Crippen molar-refractivity contribution in [1.82, 2.24) is 25.5 Å². The predicted molar refractivity (Wildman–Crippen MR) is 138 cm³/mol. The van der Waals surface area contributed by atoms with Crippen LogP contribution in [-0.2, 0) is 4.79 Å². The predicted octanol–water partition coefficient (Wildman–Crippen LogP) is 2.90. The van der Waals surface area contributed by atoms with Gasteiger partial charge in [-0.2, -0.15) is 0 Å². The molecule has 1 aliphatic heterocycles. The average Bonchev–Trinajstić information content (AvgIpc) is 2.74. The van der Waals surface area contributed by atoms with Crippen molar-refractivity contribution >= 4 is 41.8 Å². The second-order valence-electron chi connectivity index (χ2n) is 8.30. The summed E-state index contributed by atoms with van der Waals surface area (Å²) in [4.78, 5) is 29.8. The Morgan fingerprint density at radius 2 is 1.81 bits per heavy atom. The molecule has 0 bridgehead atoms. The Hall–Kier alpha value is -1.65. The molecule has 1 amide bonds. The number of rotatable bonds is 10. The lowest BCUT2D eigenvalue weighted by Gasteiger charge is -2.34. The molecule has 1 atom stereocenters. The number of nitrogens with zero attached hydrogens (tertiary/aromatic N) is 5. The van der Waals surface area contributed by atoms with Crippen LogP contribution in [0.3, 0.4) is 0 Å². The molecule has 1 aliphatic rings. The fourth-order valence-corrected chi connectivity index (χ4v) is 3.49. The molecule has 0 radical (unpaired) electrons. The summed E-state index contributed by atoms with van der Waals surface area (Å²) in [5.41, 5.74) is 0. The lowest BCUT2D eigenvalue weighted by Crippen LogP contribution is -2.49. The van der Waals surface area contributed by atoms with E-state index in [-0.39, 0.29) is 29.9 Å². The highest BCUT2D eigenvalue weighted by Crippen LogP contribution is 2.11. The van der Waals surface area contributed by atoms with Gasteiger partial charge in [-0.1, -0.05) is 26.7 Å². The summed E-state index contributed by atoms with van der Waals surface area (Å²) in [5, 5.41) is 6.75. The van der Waals surface area contributed by atoms with Crippen LogP contribution in [0.1, 0.15) is 53.4 Å². The Kier molecular flexibility index (Phi) is 13.4. The van der Waals surface area contributed by atoms with Crippen molar-refractivity contribution in [2.24, 2.45) is 10.9 Å². The van der Waals surface area contributed by atoms with E-state index in [1.807, 2.05) is 11.0 Å². The highest BCUT2D eigenvalue weighted by molar-refractivity contribution is 14.0. The number of aliphatic imine (C=N–C) groups is 1. The van der Waals surface area contributed by atoms with E-state index in [0.717, 1.165) is 43.9 Å². The second-order valence-corrected chi connectivity index (χ2v) is 8.30. The maximum atomic E-state index is 12.6. The first-order chi connectivity index (χ1) is 14.5. The molecule has 8 nitrogen and oxygen atoms in total. The fourth-order valence-electron chi connectivity index (χ4n) is 3.49. The minimum absolute atomic E-state index is 0. The van der Waals surface area contributed by atoms with Crippen molar-refractivity contribution in [3.05, 3.63) is 18.5 Å². The van der Waals surface area contributed by atoms with Crippen LogP contribution in [0.15, 0.2) is 23.5 Å². The number of nitrogens with one attached hydrogen (secondary N) is 2. The first-order valence-electron chi connectivity index (χ1n) is 11.3. The molecule has 1 unspecified atom stereocenters. The van der Waals surface area contributed by atoms with E-state index in [2.05, 4.69) is 58.2 Å². The van der Waals surface area contributed by atoms with Gasteiger partial charge in [0.05, 0.1) is 6.54 Å². The average molecular weight is 546 g/mol. The van der Waals surface area contributed by atoms with E-state index in [4.69, 9.17) is 0 Å². The van der Waals surface area contributed by atoms with Crippen LogP contribution in [0, 0.1) is 5.92 Å². The summed E-state index contributed by atoms with van der Waals surface area (Å²) in [5.74, 6) is 2.44. The Balaban J connectivity index is 0.00000480. The van der Waals surface area contributed by atoms with E-state index in [1.165, 1.54) is 12.8 Å². The van der Waals surface area contributed by atoms with E-state index in [9.17, 15) is 4.79 Å². The highest BCUT2D eigenvalue weighted by atomic mass is 127. The van der Waals surface area contributed by atoms with E-state index in [0.29, 0.717) is 32.1 Å². The topological polar surface area (TPSA) is 85.8 Å². The summed E-state index contributed by atoms with van der Waals surface area (Å²) < 4.78 is 0. The molecule has 31 heavy (non-hydrogen) atoms. The normalized spacial score (nSPS) is 15.5. The van der Waals surface area contributed by atoms with Crippen LogP contribution in [0.4, 0.5) is 5.95 Å². The van der Waals surface area contributed by atoms with Gasteiger partial charge in [0.1, 0.15) is 0 Å². The van der Waals surface area contributed by atoms with Gasteiger partial charge in [-0.05, 0) is 32.3 Å². The molecular formula is C22H40IN7O. The first kappa shape index (κ1) is 27.4. The minimum atomic E-state index is 0. The first-order valence-corrected chi connectivity index (χ1v) is 11.3. The van der Waals surface area contributed by atoms with Gasteiger partial charge >= 0.3 is 0 Å². The zero-order valence-corrected chi connectivity index (χ0v) is 21.8. The van der Waals surface area contributed by atoms with Crippen LogP contribution in [0.5, 0.6) is 0 Å². The number of anilines is 1. The summed E-state index contributed by atoms with van der Waals surface area (Å²) in [6.07, 6.45) is 7.51. The molecule has 2 N–H and O–H groups in total. The molecule has 1 aromatic rings. The van der Waals surface area contributed by atoms with Gasteiger partial charge < -0.3 is 20.4 Å². The number of amides is 1. The molecule has 1 aromatic heterocycles. The summed E-state index contributed by atoms with van der Waals surface area (Å²) in [6.45, 7) is 13.0. The third-order valence-electron chi connectivity index (χ3n) is 5.21. The number of hydrogen-bond donors (Lipinski definition) is 2. The Morgan fingerprint density at radius 3 is 2.42 bits per heavy atom. The van der Waals surface area contributed by atoms with Gasteiger partial charge in [0.15, 0.2) is 5.96 Å². The third kappa shape index (κ3) is 10.5. The van der Waals surface area contributed by atoms with E-state index in [1.54, 1.807) is 12.4 Å². The lowest BCUT2D eigenvalue weighted by atomic mass is 10.0. The molecule has 1 saturated heterocycles. The van der Waals surface area contributed by atoms with Crippen LogP contribution in [0.2, 0.25) is 0 Å². The summed E-state index contributed by atoms with van der Waals surface area (Å²) in [7, 11) is 0. The van der Waals surface area contributed by atoms with Gasteiger partial charge in [0.2, 0.25) is 11.9 Å². The van der Waals surface area contributed by atoms with Crippen molar-refractivity contribution in [2.45, 2.75) is 59.4 Å². The minimum Gasteiger partial charge on any atom is -0.357 e. The standard InChI is InChI=1S/C22H39N7O.HI/c1-5-23-21(27-19(4)9-6-8-18(2)3)24-13-10-20(30)28-14-16-29(17-15-28)22-25-11-7-12-26-22;/h7,11-12,18-19H,5-6,8-10,13-17H2,1-4H3,(H2,23,24,27);1H. The van der Waals surface area contributed by atoms with Gasteiger partial charge in [-0.3, -0.25) is 9.79 Å². The zero-order valence-electron chi connectivity index (χ0n) is 19.5. The number of guanidine groups is 1. The van der Waals surface area contributed by atoms with Crippen molar-refractivity contribution in [2.75, 3.05) is 44.2 Å². The molecule has 0 spiro atoms. The van der Waals surface area contributed by atoms with Crippen LogP contribution in [0.25, 0.3) is 0 Å². The van der Waals surface area contributed by atoms with Crippen LogP contribution in [-0.4, -0.2) is 72.0 Å².